The number of rotatable bonds is 5. The number of carbonyl (C=O) groups excluding carboxylic acids is 1. The minimum Gasteiger partial charge on any atom is -0.348 e. The first kappa shape index (κ1) is 19.3. The highest BCUT2D eigenvalue weighted by Gasteiger charge is 2.27. The molecule has 1 aromatic heterocycles. The zero-order chi connectivity index (χ0) is 20.4. The lowest BCUT2D eigenvalue weighted by Crippen LogP contribution is -2.37. The molecule has 5 nitrogen and oxygen atoms in total. The van der Waals surface area contributed by atoms with Gasteiger partial charge in [0.25, 0.3) is 5.91 Å². The van der Waals surface area contributed by atoms with Crippen molar-refractivity contribution in [2.75, 3.05) is 13.1 Å². The number of halogens is 1. The molecule has 2 heterocycles. The molecular formula is C23H25FN4O. The van der Waals surface area contributed by atoms with Crippen LogP contribution in [0.5, 0.6) is 0 Å². The fraction of sp³-hybridized carbons (Fsp3) is 0.304. The third-order valence-corrected chi connectivity index (χ3v) is 5.45. The number of amides is 1. The van der Waals surface area contributed by atoms with Crippen molar-refractivity contribution in [3.05, 3.63) is 82.9 Å². The van der Waals surface area contributed by atoms with Crippen LogP contribution in [0.1, 0.15) is 33.7 Å². The monoisotopic (exact) mass is 392 g/mol. The van der Waals surface area contributed by atoms with Crippen molar-refractivity contribution >= 4 is 5.91 Å². The van der Waals surface area contributed by atoms with Crippen LogP contribution in [0.15, 0.2) is 54.6 Å². The van der Waals surface area contributed by atoms with E-state index in [2.05, 4.69) is 39.6 Å². The van der Waals surface area contributed by atoms with Gasteiger partial charge in [0.15, 0.2) is 0 Å². The van der Waals surface area contributed by atoms with Gasteiger partial charge in [-0.3, -0.25) is 9.69 Å². The van der Waals surface area contributed by atoms with Crippen LogP contribution in [0.25, 0.3) is 5.69 Å². The molecule has 0 radical (unpaired) electrons. The van der Waals surface area contributed by atoms with E-state index in [0.717, 1.165) is 37.4 Å². The van der Waals surface area contributed by atoms with Gasteiger partial charge in [-0.05, 0) is 50.1 Å². The van der Waals surface area contributed by atoms with Gasteiger partial charge in [-0.25, -0.2) is 9.07 Å². The molecule has 0 bridgehead atoms. The third kappa shape index (κ3) is 4.22. The van der Waals surface area contributed by atoms with E-state index in [1.54, 1.807) is 16.8 Å². The summed E-state index contributed by atoms with van der Waals surface area (Å²) in [4.78, 5) is 15.3. The standard InChI is InChI=1S/C23H25FN4O/c1-16-22(17(2)28(26-16)21-10-8-19(24)9-11-21)23(29)25-20-12-13-27(15-20)14-18-6-4-3-5-7-18/h3-11,20H,12-15H2,1-2H3,(H,25,29)/t20-/m1/s1. The molecule has 150 valence electrons. The van der Waals surface area contributed by atoms with Gasteiger partial charge >= 0.3 is 0 Å². The van der Waals surface area contributed by atoms with Crippen LogP contribution in [0.3, 0.4) is 0 Å². The molecule has 29 heavy (non-hydrogen) atoms. The number of benzene rings is 2. The lowest BCUT2D eigenvalue weighted by atomic mass is 10.1. The van der Waals surface area contributed by atoms with Crippen molar-refractivity contribution in [3.8, 4) is 5.69 Å². The molecule has 3 aromatic rings. The molecule has 2 aromatic carbocycles. The van der Waals surface area contributed by atoms with Gasteiger partial charge in [0.1, 0.15) is 5.82 Å². The van der Waals surface area contributed by atoms with E-state index in [0.29, 0.717) is 11.3 Å². The van der Waals surface area contributed by atoms with Gasteiger partial charge in [0.2, 0.25) is 0 Å². The summed E-state index contributed by atoms with van der Waals surface area (Å²) in [5, 5.41) is 7.67. The molecule has 1 aliphatic rings. The number of carbonyl (C=O) groups is 1. The summed E-state index contributed by atoms with van der Waals surface area (Å²) in [5.74, 6) is -0.394. The molecule has 1 atom stereocenters. The van der Waals surface area contributed by atoms with E-state index in [1.807, 2.05) is 19.9 Å². The predicted molar refractivity (Wildman–Crippen MR) is 111 cm³/mol. The lowest BCUT2D eigenvalue weighted by molar-refractivity contribution is 0.0936. The van der Waals surface area contributed by atoms with Gasteiger partial charge in [0, 0.05) is 25.7 Å². The van der Waals surface area contributed by atoms with Gasteiger partial charge in [-0.1, -0.05) is 30.3 Å². The van der Waals surface area contributed by atoms with E-state index in [-0.39, 0.29) is 17.8 Å². The smallest absolute Gasteiger partial charge is 0.255 e. The number of hydrogen-bond acceptors (Lipinski definition) is 3. The summed E-state index contributed by atoms with van der Waals surface area (Å²) in [5.41, 5.74) is 4.04. The van der Waals surface area contributed by atoms with Gasteiger partial charge in [0.05, 0.1) is 22.6 Å². The molecule has 1 amide bonds. The second-order valence-corrected chi connectivity index (χ2v) is 7.61. The Kier molecular flexibility index (Phi) is 5.45. The Balaban J connectivity index is 1.43. The quantitative estimate of drug-likeness (QED) is 0.721. The Morgan fingerprint density at radius 2 is 1.86 bits per heavy atom. The van der Waals surface area contributed by atoms with E-state index in [9.17, 15) is 9.18 Å². The molecule has 1 N–H and O–H groups in total. The number of aryl methyl sites for hydroxylation is 1. The summed E-state index contributed by atoms with van der Waals surface area (Å²) >= 11 is 0. The zero-order valence-electron chi connectivity index (χ0n) is 16.7. The minimum atomic E-state index is -0.297. The topological polar surface area (TPSA) is 50.2 Å². The predicted octanol–water partition coefficient (Wildman–Crippen LogP) is 3.63. The van der Waals surface area contributed by atoms with Crippen LogP contribution in [0, 0.1) is 19.7 Å². The highest BCUT2D eigenvalue weighted by Crippen LogP contribution is 2.20. The SMILES string of the molecule is Cc1nn(-c2ccc(F)cc2)c(C)c1C(=O)N[C@@H]1CCN(Cc2ccccc2)C1. The fourth-order valence-electron chi connectivity index (χ4n) is 4.00. The maximum Gasteiger partial charge on any atom is 0.255 e. The number of hydrogen-bond donors (Lipinski definition) is 1. The maximum absolute atomic E-state index is 13.2. The van der Waals surface area contributed by atoms with Crippen molar-refractivity contribution < 1.29 is 9.18 Å². The molecule has 1 fully saturated rings. The number of likely N-dealkylation sites (tertiary alicyclic amines) is 1. The normalized spacial score (nSPS) is 16.9. The summed E-state index contributed by atoms with van der Waals surface area (Å²) in [7, 11) is 0. The minimum absolute atomic E-state index is 0.0973. The first-order valence-electron chi connectivity index (χ1n) is 9.90. The molecule has 1 aliphatic heterocycles. The molecule has 0 saturated carbocycles. The highest BCUT2D eigenvalue weighted by molar-refractivity contribution is 5.96. The van der Waals surface area contributed by atoms with Crippen molar-refractivity contribution in [2.24, 2.45) is 0 Å². The highest BCUT2D eigenvalue weighted by atomic mass is 19.1. The molecule has 4 rings (SSSR count). The van der Waals surface area contributed by atoms with Crippen molar-refractivity contribution in [1.82, 2.24) is 20.0 Å². The van der Waals surface area contributed by atoms with Crippen LogP contribution in [0.4, 0.5) is 4.39 Å². The fourth-order valence-corrected chi connectivity index (χ4v) is 4.00. The molecule has 1 saturated heterocycles. The Hall–Kier alpha value is -2.99. The van der Waals surface area contributed by atoms with Gasteiger partial charge in [-0.2, -0.15) is 5.10 Å². The summed E-state index contributed by atoms with van der Waals surface area (Å²) in [6.07, 6.45) is 0.933. The molecule has 6 heteroatoms. The lowest BCUT2D eigenvalue weighted by Gasteiger charge is -2.17. The second kappa shape index (κ2) is 8.17. The molecular weight excluding hydrogens is 367 g/mol. The van der Waals surface area contributed by atoms with Crippen molar-refractivity contribution in [1.29, 1.82) is 0 Å². The summed E-state index contributed by atoms with van der Waals surface area (Å²) < 4.78 is 14.9. The van der Waals surface area contributed by atoms with Crippen LogP contribution in [-0.4, -0.2) is 39.7 Å². The largest absolute Gasteiger partial charge is 0.348 e. The number of nitrogens with one attached hydrogen (secondary N) is 1. The molecule has 0 aliphatic carbocycles. The van der Waals surface area contributed by atoms with Crippen molar-refractivity contribution in [3.63, 3.8) is 0 Å². The van der Waals surface area contributed by atoms with E-state index < -0.39 is 0 Å². The maximum atomic E-state index is 13.2. The van der Waals surface area contributed by atoms with Crippen LogP contribution in [0.2, 0.25) is 0 Å². The van der Waals surface area contributed by atoms with E-state index >= 15 is 0 Å². The van der Waals surface area contributed by atoms with E-state index in [4.69, 9.17) is 0 Å². The summed E-state index contributed by atoms with van der Waals surface area (Å²) in [6.45, 7) is 6.40. The zero-order valence-corrected chi connectivity index (χ0v) is 16.7. The van der Waals surface area contributed by atoms with Gasteiger partial charge < -0.3 is 5.32 Å². The summed E-state index contributed by atoms with van der Waals surface area (Å²) in [6, 6.07) is 16.6. The van der Waals surface area contributed by atoms with Crippen LogP contribution in [-0.2, 0) is 6.54 Å². The first-order valence-corrected chi connectivity index (χ1v) is 9.90. The van der Waals surface area contributed by atoms with E-state index in [1.165, 1.54) is 17.7 Å². The second-order valence-electron chi connectivity index (χ2n) is 7.61. The van der Waals surface area contributed by atoms with Gasteiger partial charge in [-0.15, -0.1) is 0 Å². The number of nitrogens with zero attached hydrogens (tertiary/aromatic N) is 3. The van der Waals surface area contributed by atoms with Crippen LogP contribution >= 0.6 is 0 Å². The third-order valence-electron chi connectivity index (χ3n) is 5.45. The average molecular weight is 392 g/mol. The Morgan fingerprint density at radius 3 is 2.59 bits per heavy atom. The molecule has 0 unspecified atom stereocenters. The Morgan fingerprint density at radius 1 is 1.14 bits per heavy atom. The van der Waals surface area contributed by atoms with Crippen LogP contribution < -0.4 is 5.32 Å². The first-order chi connectivity index (χ1) is 14.0. The Bertz CT molecular complexity index is 998. The molecule has 0 spiro atoms. The Labute approximate surface area is 170 Å². The van der Waals surface area contributed by atoms with Crippen molar-refractivity contribution in [2.45, 2.75) is 32.9 Å². The average Bonchev–Trinajstić information content (AvgIpc) is 3.26. The number of aromatic nitrogens is 2.